The Morgan fingerprint density at radius 1 is 1.25 bits per heavy atom. The lowest BCUT2D eigenvalue weighted by Gasteiger charge is -2.07. The molecule has 0 saturated carbocycles. The number of benzene rings is 1. The molecule has 0 aliphatic heterocycles. The summed E-state index contributed by atoms with van der Waals surface area (Å²) in [5.41, 5.74) is 1.42. The van der Waals surface area contributed by atoms with Crippen LogP contribution in [0.5, 0.6) is 0 Å². The number of aromatic nitrogens is 2. The second-order valence-electron chi connectivity index (χ2n) is 6.42. The van der Waals surface area contributed by atoms with Crippen molar-refractivity contribution in [3.8, 4) is 0 Å². The molecule has 0 aliphatic rings. The van der Waals surface area contributed by atoms with Crippen LogP contribution in [-0.2, 0) is 11.8 Å². The normalized spacial score (nSPS) is 10.8. The fourth-order valence-electron chi connectivity index (χ4n) is 2.70. The van der Waals surface area contributed by atoms with Crippen molar-refractivity contribution in [3.63, 3.8) is 0 Å². The molecule has 0 bridgehead atoms. The first-order valence-corrected chi connectivity index (χ1v) is 9.77. The number of amides is 1. The van der Waals surface area contributed by atoms with E-state index in [1.165, 1.54) is 22.2 Å². The Hall–Kier alpha value is -3.00. The Labute approximate surface area is 166 Å². The molecule has 1 N–H and O–H groups in total. The van der Waals surface area contributed by atoms with Gasteiger partial charge in [-0.05, 0) is 43.2 Å². The van der Waals surface area contributed by atoms with E-state index in [9.17, 15) is 14.4 Å². The Balaban J connectivity index is 1.76. The van der Waals surface area contributed by atoms with E-state index in [-0.39, 0.29) is 17.4 Å². The van der Waals surface area contributed by atoms with Crippen LogP contribution in [0.4, 0.5) is 5.69 Å². The predicted molar refractivity (Wildman–Crippen MR) is 109 cm³/mol. The maximum atomic E-state index is 12.7. The number of unbranched alkanes of at least 4 members (excludes halogenated alkanes) is 1. The minimum absolute atomic E-state index is 0.177. The standard InChI is InChI=1S/C20H21N3O4S/c1-4-5-10-27-20(26)13-6-8-14(9-7-13)22-17(24)16-12(2)15-18(28-16)21-11-23(3)19(15)25/h6-9,11H,4-5,10H2,1-3H3,(H,22,24). The molecule has 8 heteroatoms. The first-order valence-electron chi connectivity index (χ1n) is 8.95. The second kappa shape index (κ2) is 8.35. The molecular weight excluding hydrogens is 378 g/mol. The molecule has 146 valence electrons. The Morgan fingerprint density at radius 3 is 2.64 bits per heavy atom. The van der Waals surface area contributed by atoms with Gasteiger partial charge < -0.3 is 14.6 Å². The van der Waals surface area contributed by atoms with Crippen LogP contribution in [0.3, 0.4) is 0 Å². The van der Waals surface area contributed by atoms with Crippen LogP contribution in [0.25, 0.3) is 10.2 Å². The molecule has 0 unspecified atom stereocenters. The fourth-order valence-corrected chi connectivity index (χ4v) is 3.73. The van der Waals surface area contributed by atoms with Gasteiger partial charge in [-0.15, -0.1) is 11.3 Å². The van der Waals surface area contributed by atoms with E-state index in [1.807, 2.05) is 6.92 Å². The number of thiophene rings is 1. The van der Waals surface area contributed by atoms with Crippen LogP contribution in [0.1, 0.15) is 45.4 Å². The molecule has 0 aliphatic carbocycles. The highest BCUT2D eigenvalue weighted by Crippen LogP contribution is 2.27. The third-order valence-electron chi connectivity index (χ3n) is 4.33. The molecule has 2 heterocycles. The summed E-state index contributed by atoms with van der Waals surface area (Å²) >= 11 is 1.18. The lowest BCUT2D eigenvalue weighted by molar-refractivity contribution is 0.0499. The Kier molecular flexibility index (Phi) is 5.89. The summed E-state index contributed by atoms with van der Waals surface area (Å²) in [4.78, 5) is 42.1. The lowest BCUT2D eigenvalue weighted by atomic mass is 10.2. The van der Waals surface area contributed by atoms with E-state index < -0.39 is 0 Å². The molecule has 0 atom stereocenters. The highest BCUT2D eigenvalue weighted by atomic mass is 32.1. The highest BCUT2D eigenvalue weighted by Gasteiger charge is 2.19. The van der Waals surface area contributed by atoms with Gasteiger partial charge in [-0.3, -0.25) is 9.59 Å². The average Bonchev–Trinajstić information content (AvgIpc) is 3.03. The van der Waals surface area contributed by atoms with Crippen molar-refractivity contribution in [3.05, 3.63) is 57.0 Å². The number of nitrogens with one attached hydrogen (secondary N) is 1. The van der Waals surface area contributed by atoms with E-state index in [0.717, 1.165) is 12.8 Å². The van der Waals surface area contributed by atoms with Gasteiger partial charge in [0.1, 0.15) is 4.83 Å². The molecule has 2 aromatic heterocycles. The zero-order valence-electron chi connectivity index (χ0n) is 15.9. The summed E-state index contributed by atoms with van der Waals surface area (Å²) in [6.07, 6.45) is 3.23. The van der Waals surface area contributed by atoms with E-state index in [1.54, 1.807) is 38.2 Å². The van der Waals surface area contributed by atoms with Crippen LogP contribution >= 0.6 is 11.3 Å². The summed E-state index contributed by atoms with van der Waals surface area (Å²) < 4.78 is 6.56. The van der Waals surface area contributed by atoms with Crippen molar-refractivity contribution in [2.45, 2.75) is 26.7 Å². The minimum atomic E-state index is -0.381. The molecule has 0 saturated heterocycles. The second-order valence-corrected chi connectivity index (χ2v) is 7.42. The van der Waals surface area contributed by atoms with Gasteiger partial charge in [0.05, 0.1) is 28.8 Å². The molecule has 0 radical (unpaired) electrons. The molecule has 1 amide bonds. The van der Waals surface area contributed by atoms with Gasteiger partial charge in [0.2, 0.25) is 0 Å². The van der Waals surface area contributed by atoms with E-state index in [2.05, 4.69) is 10.3 Å². The molecule has 1 aromatic carbocycles. The van der Waals surface area contributed by atoms with E-state index in [4.69, 9.17) is 4.74 Å². The topological polar surface area (TPSA) is 90.3 Å². The number of aryl methyl sites for hydroxylation is 2. The van der Waals surface area contributed by atoms with Gasteiger partial charge in [-0.25, -0.2) is 9.78 Å². The summed E-state index contributed by atoms with van der Waals surface area (Å²) in [5, 5.41) is 3.26. The number of anilines is 1. The molecular formula is C20H21N3O4S. The maximum Gasteiger partial charge on any atom is 0.338 e. The average molecular weight is 399 g/mol. The summed E-state index contributed by atoms with van der Waals surface area (Å²) in [6.45, 7) is 4.16. The third kappa shape index (κ3) is 3.96. The van der Waals surface area contributed by atoms with Gasteiger partial charge >= 0.3 is 5.97 Å². The number of carbonyl (C=O) groups is 2. The van der Waals surface area contributed by atoms with E-state index >= 15 is 0 Å². The first kappa shape index (κ1) is 19.8. The van der Waals surface area contributed by atoms with Crippen LogP contribution in [-0.4, -0.2) is 28.0 Å². The molecule has 28 heavy (non-hydrogen) atoms. The number of fused-ring (bicyclic) bond motifs is 1. The van der Waals surface area contributed by atoms with Gasteiger partial charge in [0.25, 0.3) is 11.5 Å². The van der Waals surface area contributed by atoms with Gasteiger partial charge in [0.15, 0.2) is 0 Å². The number of hydrogen-bond donors (Lipinski definition) is 1. The van der Waals surface area contributed by atoms with Crippen molar-refractivity contribution >= 4 is 39.1 Å². The summed E-state index contributed by atoms with van der Waals surface area (Å²) in [6, 6.07) is 6.51. The SMILES string of the molecule is CCCCOC(=O)c1ccc(NC(=O)c2sc3ncn(C)c(=O)c3c2C)cc1. The van der Waals surface area contributed by atoms with Crippen LogP contribution < -0.4 is 10.9 Å². The largest absolute Gasteiger partial charge is 0.462 e. The van der Waals surface area contributed by atoms with Crippen molar-refractivity contribution in [2.75, 3.05) is 11.9 Å². The van der Waals surface area contributed by atoms with Crippen LogP contribution in [0.2, 0.25) is 0 Å². The highest BCUT2D eigenvalue weighted by molar-refractivity contribution is 7.20. The Morgan fingerprint density at radius 2 is 1.96 bits per heavy atom. The van der Waals surface area contributed by atoms with Crippen molar-refractivity contribution in [1.82, 2.24) is 9.55 Å². The number of rotatable bonds is 6. The quantitative estimate of drug-likeness (QED) is 0.506. The van der Waals surface area contributed by atoms with Crippen LogP contribution in [0, 0.1) is 6.92 Å². The predicted octanol–water partition coefficient (Wildman–Crippen LogP) is 3.51. The third-order valence-corrected chi connectivity index (χ3v) is 5.52. The number of ether oxygens (including phenoxy) is 1. The van der Waals surface area contributed by atoms with Crippen molar-refractivity contribution in [1.29, 1.82) is 0 Å². The summed E-state index contributed by atoms with van der Waals surface area (Å²) in [7, 11) is 1.63. The maximum absolute atomic E-state index is 12.7. The zero-order valence-corrected chi connectivity index (χ0v) is 16.8. The smallest absolute Gasteiger partial charge is 0.338 e. The van der Waals surface area contributed by atoms with Gasteiger partial charge in [0, 0.05) is 12.7 Å². The Bertz CT molecular complexity index is 1080. The number of nitrogens with zero attached hydrogens (tertiary/aromatic N) is 2. The lowest BCUT2D eigenvalue weighted by Crippen LogP contribution is -2.17. The van der Waals surface area contributed by atoms with E-state index in [0.29, 0.717) is 38.5 Å². The fraction of sp³-hybridized carbons (Fsp3) is 0.300. The van der Waals surface area contributed by atoms with Crippen molar-refractivity contribution < 1.29 is 14.3 Å². The monoisotopic (exact) mass is 399 g/mol. The number of carbonyl (C=O) groups excluding carboxylic acids is 2. The molecule has 7 nitrogen and oxygen atoms in total. The summed E-state index contributed by atoms with van der Waals surface area (Å²) in [5.74, 6) is -0.700. The van der Waals surface area contributed by atoms with Crippen LogP contribution in [0.15, 0.2) is 35.4 Å². The molecule has 0 fully saturated rings. The first-order chi connectivity index (χ1) is 13.4. The number of hydrogen-bond acceptors (Lipinski definition) is 6. The van der Waals surface area contributed by atoms with Gasteiger partial charge in [-0.2, -0.15) is 0 Å². The zero-order chi connectivity index (χ0) is 20.3. The van der Waals surface area contributed by atoms with Gasteiger partial charge in [-0.1, -0.05) is 13.3 Å². The minimum Gasteiger partial charge on any atom is -0.462 e. The number of esters is 1. The molecule has 0 spiro atoms. The molecule has 3 rings (SSSR count). The van der Waals surface area contributed by atoms with Crippen molar-refractivity contribution in [2.24, 2.45) is 7.05 Å². The molecule has 3 aromatic rings.